The number of hydrogen-bond acceptors (Lipinski definition) is 5. The molecular weight excluding hydrogens is 362 g/mol. The van der Waals surface area contributed by atoms with Crippen LogP contribution in [-0.4, -0.2) is 46.2 Å². The number of ether oxygens (including phenoxy) is 1. The SMILES string of the molecule is CCOC(=O)C1CN(Cc2ccccc2)Cc2ccccc21.O=C(O)C(=O)O. The highest BCUT2D eigenvalue weighted by Crippen LogP contribution is 2.30. The molecule has 0 fully saturated rings. The molecule has 1 aliphatic rings. The Kier molecular flexibility index (Phi) is 7.71. The molecule has 0 aliphatic carbocycles. The largest absolute Gasteiger partial charge is 0.473 e. The van der Waals surface area contributed by atoms with Crippen molar-refractivity contribution in [3.05, 3.63) is 71.3 Å². The highest BCUT2D eigenvalue weighted by molar-refractivity contribution is 6.27. The number of fused-ring (bicyclic) bond motifs is 1. The highest BCUT2D eigenvalue weighted by Gasteiger charge is 2.31. The molecule has 7 heteroatoms. The van der Waals surface area contributed by atoms with Gasteiger partial charge in [0.2, 0.25) is 0 Å². The molecule has 2 aromatic carbocycles. The molecule has 1 unspecified atom stereocenters. The maximum atomic E-state index is 12.3. The Morgan fingerprint density at radius 1 is 1.00 bits per heavy atom. The number of carbonyl (C=O) groups excluding carboxylic acids is 1. The minimum absolute atomic E-state index is 0.118. The maximum Gasteiger partial charge on any atom is 0.414 e. The maximum absolute atomic E-state index is 12.3. The van der Waals surface area contributed by atoms with Crippen LogP contribution >= 0.6 is 0 Å². The number of hydrogen-bond donors (Lipinski definition) is 2. The smallest absolute Gasteiger partial charge is 0.414 e. The molecule has 0 saturated carbocycles. The van der Waals surface area contributed by atoms with E-state index in [9.17, 15) is 4.79 Å². The van der Waals surface area contributed by atoms with Crippen LogP contribution in [-0.2, 0) is 32.2 Å². The lowest BCUT2D eigenvalue weighted by atomic mass is 9.89. The van der Waals surface area contributed by atoms with Crippen molar-refractivity contribution in [2.24, 2.45) is 0 Å². The summed E-state index contributed by atoms with van der Waals surface area (Å²) in [6.45, 7) is 4.72. The van der Waals surface area contributed by atoms with E-state index in [0.717, 1.165) is 18.7 Å². The molecule has 1 heterocycles. The normalized spacial score (nSPS) is 15.5. The third-order valence-electron chi connectivity index (χ3n) is 4.27. The quantitative estimate of drug-likeness (QED) is 0.615. The molecule has 3 rings (SSSR count). The molecule has 0 bridgehead atoms. The lowest BCUT2D eigenvalue weighted by molar-refractivity contribution is -0.159. The predicted octanol–water partition coefficient (Wildman–Crippen LogP) is 2.50. The van der Waals surface area contributed by atoms with Crippen LogP contribution in [0, 0.1) is 0 Å². The number of benzene rings is 2. The molecule has 0 radical (unpaired) electrons. The van der Waals surface area contributed by atoms with Crippen molar-refractivity contribution in [1.29, 1.82) is 0 Å². The van der Waals surface area contributed by atoms with Crippen LogP contribution in [0.25, 0.3) is 0 Å². The standard InChI is InChI=1S/C19H21NO2.C2H2O4/c1-2-22-19(21)18-14-20(12-15-8-4-3-5-9-15)13-16-10-6-7-11-17(16)18;3-1(4)2(5)6/h3-11,18H,2,12-14H2,1H3;(H,3,4)(H,5,6). The number of carboxylic acid groups (broad SMARTS) is 2. The van der Waals surface area contributed by atoms with Gasteiger partial charge in [-0.2, -0.15) is 0 Å². The fraction of sp³-hybridized carbons (Fsp3) is 0.286. The van der Waals surface area contributed by atoms with Crippen LogP contribution in [0.5, 0.6) is 0 Å². The predicted molar refractivity (Wildman–Crippen MR) is 102 cm³/mol. The summed E-state index contributed by atoms with van der Waals surface area (Å²) in [6.07, 6.45) is 0. The number of rotatable bonds is 4. The van der Waals surface area contributed by atoms with Gasteiger partial charge in [-0.05, 0) is 23.6 Å². The zero-order valence-electron chi connectivity index (χ0n) is 15.6. The molecule has 0 spiro atoms. The van der Waals surface area contributed by atoms with Gasteiger partial charge in [0.15, 0.2) is 0 Å². The van der Waals surface area contributed by atoms with Crippen molar-refractivity contribution in [1.82, 2.24) is 4.90 Å². The van der Waals surface area contributed by atoms with Crippen molar-refractivity contribution in [2.45, 2.75) is 25.9 Å². The lowest BCUT2D eigenvalue weighted by Crippen LogP contribution is -2.37. The van der Waals surface area contributed by atoms with Crippen molar-refractivity contribution >= 4 is 17.9 Å². The Labute approximate surface area is 163 Å². The van der Waals surface area contributed by atoms with Crippen LogP contribution in [0.1, 0.15) is 29.5 Å². The van der Waals surface area contributed by atoms with E-state index in [2.05, 4.69) is 41.3 Å². The highest BCUT2D eigenvalue weighted by atomic mass is 16.5. The van der Waals surface area contributed by atoms with E-state index in [1.54, 1.807) is 0 Å². The van der Waals surface area contributed by atoms with E-state index in [-0.39, 0.29) is 11.9 Å². The zero-order valence-corrected chi connectivity index (χ0v) is 15.6. The Bertz CT molecular complexity index is 809. The van der Waals surface area contributed by atoms with Crippen LogP contribution in [0.3, 0.4) is 0 Å². The molecule has 0 aromatic heterocycles. The Balaban J connectivity index is 0.000000409. The summed E-state index contributed by atoms with van der Waals surface area (Å²) in [6, 6.07) is 18.6. The molecule has 28 heavy (non-hydrogen) atoms. The summed E-state index contributed by atoms with van der Waals surface area (Å²) >= 11 is 0. The van der Waals surface area contributed by atoms with E-state index in [0.29, 0.717) is 13.2 Å². The van der Waals surface area contributed by atoms with Crippen LogP contribution in [0.15, 0.2) is 54.6 Å². The fourth-order valence-electron chi connectivity index (χ4n) is 3.09. The number of esters is 1. The molecule has 1 atom stereocenters. The molecule has 2 aromatic rings. The van der Waals surface area contributed by atoms with Crippen LogP contribution in [0.4, 0.5) is 0 Å². The van der Waals surface area contributed by atoms with E-state index in [4.69, 9.17) is 24.5 Å². The third-order valence-corrected chi connectivity index (χ3v) is 4.27. The second-order valence-corrected chi connectivity index (χ2v) is 6.27. The lowest BCUT2D eigenvalue weighted by Gasteiger charge is -2.33. The van der Waals surface area contributed by atoms with E-state index >= 15 is 0 Å². The van der Waals surface area contributed by atoms with Gasteiger partial charge in [-0.15, -0.1) is 0 Å². The van der Waals surface area contributed by atoms with Crippen molar-refractivity contribution in [2.75, 3.05) is 13.2 Å². The topological polar surface area (TPSA) is 104 Å². The monoisotopic (exact) mass is 385 g/mol. The summed E-state index contributed by atoms with van der Waals surface area (Å²) in [7, 11) is 0. The summed E-state index contributed by atoms with van der Waals surface area (Å²) in [5.41, 5.74) is 3.61. The second-order valence-electron chi connectivity index (χ2n) is 6.27. The third kappa shape index (κ3) is 5.92. The fourth-order valence-corrected chi connectivity index (χ4v) is 3.09. The van der Waals surface area contributed by atoms with Gasteiger partial charge in [0.25, 0.3) is 0 Å². The van der Waals surface area contributed by atoms with Gasteiger partial charge in [0.1, 0.15) is 0 Å². The molecule has 0 saturated heterocycles. The van der Waals surface area contributed by atoms with Gasteiger partial charge in [0, 0.05) is 19.6 Å². The first-order valence-electron chi connectivity index (χ1n) is 8.89. The number of carbonyl (C=O) groups is 3. The first-order valence-corrected chi connectivity index (χ1v) is 8.89. The summed E-state index contributed by atoms with van der Waals surface area (Å²) in [5.74, 6) is -3.95. The van der Waals surface area contributed by atoms with Crippen molar-refractivity contribution in [3.8, 4) is 0 Å². The Hall–Kier alpha value is -3.19. The van der Waals surface area contributed by atoms with Gasteiger partial charge in [-0.3, -0.25) is 9.69 Å². The van der Waals surface area contributed by atoms with Gasteiger partial charge >= 0.3 is 17.9 Å². The second kappa shape index (κ2) is 10.2. The molecular formula is C21H23NO6. The minimum atomic E-state index is -1.82. The van der Waals surface area contributed by atoms with E-state index < -0.39 is 11.9 Å². The first-order chi connectivity index (χ1) is 13.4. The summed E-state index contributed by atoms with van der Waals surface area (Å²) in [5, 5.41) is 14.8. The molecule has 0 amide bonds. The van der Waals surface area contributed by atoms with E-state index in [1.807, 2.05) is 25.1 Å². The van der Waals surface area contributed by atoms with Crippen LogP contribution < -0.4 is 0 Å². The summed E-state index contributed by atoms with van der Waals surface area (Å²) < 4.78 is 5.27. The van der Waals surface area contributed by atoms with Crippen LogP contribution in [0.2, 0.25) is 0 Å². The van der Waals surface area contributed by atoms with Gasteiger partial charge in [-0.1, -0.05) is 54.6 Å². The average Bonchev–Trinajstić information content (AvgIpc) is 2.68. The molecule has 148 valence electrons. The number of nitrogens with zero attached hydrogens (tertiary/aromatic N) is 1. The minimum Gasteiger partial charge on any atom is -0.473 e. The molecule has 2 N–H and O–H groups in total. The average molecular weight is 385 g/mol. The summed E-state index contributed by atoms with van der Waals surface area (Å²) in [4.78, 5) is 32.8. The molecule has 1 aliphatic heterocycles. The Morgan fingerprint density at radius 3 is 2.21 bits per heavy atom. The van der Waals surface area contributed by atoms with E-state index in [1.165, 1.54) is 11.1 Å². The zero-order chi connectivity index (χ0) is 20.5. The van der Waals surface area contributed by atoms with Gasteiger partial charge in [0.05, 0.1) is 12.5 Å². The van der Waals surface area contributed by atoms with Crippen molar-refractivity contribution in [3.63, 3.8) is 0 Å². The van der Waals surface area contributed by atoms with Gasteiger partial charge in [-0.25, -0.2) is 9.59 Å². The number of carboxylic acids is 2. The first kappa shape index (κ1) is 21.1. The Morgan fingerprint density at radius 2 is 1.61 bits per heavy atom. The number of aliphatic carboxylic acids is 2. The van der Waals surface area contributed by atoms with Crippen molar-refractivity contribution < 1.29 is 29.3 Å². The molecule has 7 nitrogen and oxygen atoms in total. The van der Waals surface area contributed by atoms with Gasteiger partial charge < -0.3 is 14.9 Å².